The van der Waals surface area contributed by atoms with Crippen LogP contribution in [0.25, 0.3) is 0 Å². The highest BCUT2D eigenvalue weighted by molar-refractivity contribution is 7.92. The minimum Gasteiger partial charge on any atom is -0.494 e. The highest BCUT2D eigenvalue weighted by atomic mass is 32.2. The van der Waals surface area contributed by atoms with Crippen LogP contribution in [0.1, 0.15) is 31.1 Å². The SMILES string of the molecule is CCOc1ccc(S(=O)(=O)Nc2cc(C(=O)NC(C)C)ccc2N2CCNCC2)cc1.O=C(O)C(F)(F)F. The average molecular weight is 561 g/mol. The fourth-order valence-corrected chi connectivity index (χ4v) is 4.44. The Bertz CT molecular complexity index is 1200. The third-order valence-electron chi connectivity index (χ3n) is 5.07. The number of amides is 1. The number of halogens is 3. The molecule has 0 saturated carbocycles. The molecule has 2 aromatic carbocycles. The number of carboxylic acids is 1. The van der Waals surface area contributed by atoms with Gasteiger partial charge in [0.15, 0.2) is 0 Å². The normalized spacial score (nSPS) is 13.8. The summed E-state index contributed by atoms with van der Waals surface area (Å²) in [5, 5.41) is 13.3. The van der Waals surface area contributed by atoms with Gasteiger partial charge in [-0.3, -0.25) is 9.52 Å². The Morgan fingerprint density at radius 3 is 2.18 bits per heavy atom. The number of alkyl halides is 3. The van der Waals surface area contributed by atoms with Crippen molar-refractivity contribution in [3.63, 3.8) is 0 Å². The Kier molecular flexibility index (Phi) is 10.8. The van der Waals surface area contributed by atoms with Gasteiger partial charge >= 0.3 is 12.1 Å². The first kappa shape index (κ1) is 30.7. The van der Waals surface area contributed by atoms with Crippen molar-refractivity contribution in [1.29, 1.82) is 0 Å². The lowest BCUT2D eigenvalue weighted by atomic mass is 10.1. The highest BCUT2D eigenvalue weighted by Crippen LogP contribution is 2.30. The molecule has 2 aromatic rings. The zero-order valence-corrected chi connectivity index (χ0v) is 21.9. The summed E-state index contributed by atoms with van der Waals surface area (Å²) in [6.45, 7) is 9.23. The smallest absolute Gasteiger partial charge is 0.490 e. The largest absolute Gasteiger partial charge is 0.494 e. The molecule has 38 heavy (non-hydrogen) atoms. The second kappa shape index (κ2) is 13.3. The van der Waals surface area contributed by atoms with Crippen molar-refractivity contribution in [3.8, 4) is 5.75 Å². The molecule has 0 aromatic heterocycles. The maximum absolute atomic E-state index is 13.1. The molecule has 4 N–H and O–H groups in total. The third kappa shape index (κ3) is 9.10. The van der Waals surface area contributed by atoms with Crippen LogP contribution in [0.3, 0.4) is 0 Å². The van der Waals surface area contributed by atoms with E-state index in [1.54, 1.807) is 30.3 Å². The second-order valence-corrected chi connectivity index (χ2v) is 10.1. The van der Waals surface area contributed by atoms with Crippen LogP contribution in [-0.2, 0) is 14.8 Å². The van der Waals surface area contributed by atoms with Crippen molar-refractivity contribution in [1.82, 2.24) is 10.6 Å². The molecule has 1 aliphatic rings. The van der Waals surface area contributed by atoms with Gasteiger partial charge in [0.2, 0.25) is 0 Å². The van der Waals surface area contributed by atoms with Crippen LogP contribution >= 0.6 is 0 Å². The Hall–Kier alpha value is -3.52. The summed E-state index contributed by atoms with van der Waals surface area (Å²) in [5.41, 5.74) is 1.53. The molecular weight excluding hydrogens is 529 g/mol. The molecule has 0 unspecified atom stereocenters. The van der Waals surface area contributed by atoms with Crippen molar-refractivity contribution in [2.75, 3.05) is 42.4 Å². The van der Waals surface area contributed by atoms with Gasteiger partial charge in [0, 0.05) is 37.8 Å². The number of carbonyl (C=O) groups is 2. The minimum absolute atomic E-state index is 0.0238. The number of nitrogens with zero attached hydrogens (tertiary/aromatic N) is 1. The first-order valence-corrected chi connectivity index (χ1v) is 13.2. The van der Waals surface area contributed by atoms with E-state index in [0.29, 0.717) is 23.6 Å². The number of benzene rings is 2. The summed E-state index contributed by atoms with van der Waals surface area (Å²) in [6, 6.07) is 11.4. The Morgan fingerprint density at radius 1 is 1.11 bits per heavy atom. The van der Waals surface area contributed by atoms with Gasteiger partial charge in [-0.2, -0.15) is 13.2 Å². The number of hydrogen-bond donors (Lipinski definition) is 4. The number of sulfonamides is 1. The lowest BCUT2D eigenvalue weighted by Gasteiger charge is -2.31. The van der Waals surface area contributed by atoms with Gasteiger partial charge in [-0.15, -0.1) is 0 Å². The van der Waals surface area contributed by atoms with Crippen molar-refractivity contribution >= 4 is 33.3 Å². The lowest BCUT2D eigenvalue weighted by molar-refractivity contribution is -0.192. The van der Waals surface area contributed by atoms with Crippen molar-refractivity contribution < 1.29 is 41.0 Å². The molecule has 0 bridgehead atoms. The zero-order chi connectivity index (χ0) is 28.5. The molecule has 1 amide bonds. The van der Waals surface area contributed by atoms with Crippen LogP contribution in [-0.4, -0.2) is 70.4 Å². The summed E-state index contributed by atoms with van der Waals surface area (Å²) in [4.78, 5) is 23.6. The van der Waals surface area contributed by atoms with Gasteiger partial charge < -0.3 is 25.4 Å². The molecule has 1 saturated heterocycles. The summed E-state index contributed by atoms with van der Waals surface area (Å²) in [7, 11) is -3.85. The summed E-state index contributed by atoms with van der Waals surface area (Å²) < 4.78 is 66.0. The van der Waals surface area contributed by atoms with Gasteiger partial charge in [-0.25, -0.2) is 13.2 Å². The first-order chi connectivity index (χ1) is 17.7. The number of carboxylic acid groups (broad SMARTS) is 1. The first-order valence-electron chi connectivity index (χ1n) is 11.7. The highest BCUT2D eigenvalue weighted by Gasteiger charge is 2.38. The van der Waals surface area contributed by atoms with Gasteiger partial charge in [-0.1, -0.05) is 0 Å². The Labute approximate surface area is 219 Å². The van der Waals surface area contributed by atoms with Gasteiger partial charge in [0.25, 0.3) is 15.9 Å². The maximum Gasteiger partial charge on any atom is 0.490 e. The van der Waals surface area contributed by atoms with Crippen LogP contribution in [0.5, 0.6) is 5.75 Å². The molecular formula is C24H31F3N4O6S. The molecule has 1 heterocycles. The van der Waals surface area contributed by atoms with E-state index in [2.05, 4.69) is 20.3 Å². The predicted molar refractivity (Wildman–Crippen MR) is 136 cm³/mol. The predicted octanol–water partition coefficient (Wildman–Crippen LogP) is 3.07. The monoisotopic (exact) mass is 560 g/mol. The molecule has 0 spiro atoms. The summed E-state index contributed by atoms with van der Waals surface area (Å²) in [6.07, 6.45) is -5.08. The molecule has 1 fully saturated rings. The van der Waals surface area contributed by atoms with Crippen molar-refractivity contribution in [2.24, 2.45) is 0 Å². The molecule has 14 heteroatoms. The lowest BCUT2D eigenvalue weighted by Crippen LogP contribution is -2.43. The van der Waals surface area contributed by atoms with Crippen LogP contribution in [0.15, 0.2) is 47.4 Å². The number of piperazine rings is 1. The van der Waals surface area contributed by atoms with Crippen molar-refractivity contribution in [2.45, 2.75) is 37.9 Å². The number of anilines is 2. The van der Waals surface area contributed by atoms with Crippen LogP contribution in [0.4, 0.5) is 24.5 Å². The zero-order valence-electron chi connectivity index (χ0n) is 21.1. The number of nitrogens with one attached hydrogen (secondary N) is 3. The summed E-state index contributed by atoms with van der Waals surface area (Å²) >= 11 is 0. The molecule has 0 radical (unpaired) electrons. The van der Waals surface area contributed by atoms with E-state index in [0.717, 1.165) is 31.9 Å². The van der Waals surface area contributed by atoms with Crippen LogP contribution < -0.4 is 25.0 Å². The van der Waals surface area contributed by atoms with E-state index in [4.69, 9.17) is 14.6 Å². The molecule has 0 aliphatic carbocycles. The van der Waals surface area contributed by atoms with Gasteiger partial charge in [0.05, 0.1) is 22.9 Å². The topological polar surface area (TPSA) is 137 Å². The third-order valence-corrected chi connectivity index (χ3v) is 6.45. The Balaban J connectivity index is 0.000000638. The molecule has 3 rings (SSSR count). The number of carbonyl (C=O) groups excluding carboxylic acids is 1. The molecule has 210 valence electrons. The number of aliphatic carboxylic acids is 1. The number of ether oxygens (including phenoxy) is 1. The fourth-order valence-electron chi connectivity index (χ4n) is 3.37. The van der Waals surface area contributed by atoms with Gasteiger partial charge in [0.1, 0.15) is 5.75 Å². The van der Waals surface area contributed by atoms with E-state index in [-0.39, 0.29) is 16.8 Å². The number of hydrogen-bond acceptors (Lipinski definition) is 7. The molecule has 10 nitrogen and oxygen atoms in total. The molecule has 1 aliphatic heterocycles. The van der Waals surface area contributed by atoms with E-state index in [1.165, 1.54) is 12.1 Å². The Morgan fingerprint density at radius 2 is 1.68 bits per heavy atom. The summed E-state index contributed by atoms with van der Waals surface area (Å²) in [5.74, 6) is -2.40. The van der Waals surface area contributed by atoms with E-state index >= 15 is 0 Å². The quantitative estimate of drug-likeness (QED) is 0.387. The van der Waals surface area contributed by atoms with Crippen molar-refractivity contribution in [3.05, 3.63) is 48.0 Å². The second-order valence-electron chi connectivity index (χ2n) is 8.41. The van der Waals surface area contributed by atoms with E-state index in [9.17, 15) is 26.4 Å². The van der Waals surface area contributed by atoms with E-state index in [1.807, 2.05) is 20.8 Å². The van der Waals surface area contributed by atoms with E-state index < -0.39 is 22.2 Å². The average Bonchev–Trinajstić information content (AvgIpc) is 2.84. The van der Waals surface area contributed by atoms with Gasteiger partial charge in [-0.05, 0) is 63.2 Å². The standard InChI is InChI=1S/C22H30N4O4S.C2HF3O2/c1-4-30-18-6-8-19(9-7-18)31(28,29)25-20-15-17(22(27)24-16(2)3)5-10-21(20)26-13-11-23-12-14-26;3-2(4,5)1(6)7/h5-10,15-16,23,25H,4,11-14H2,1-3H3,(H,24,27);(H,6,7). The number of rotatable bonds is 8. The minimum atomic E-state index is -5.08. The van der Waals surface area contributed by atoms with Crippen LogP contribution in [0, 0.1) is 0 Å². The maximum atomic E-state index is 13.1. The fraction of sp³-hybridized carbons (Fsp3) is 0.417. The molecule has 0 atom stereocenters. The van der Waals surface area contributed by atoms with Crippen LogP contribution in [0.2, 0.25) is 0 Å².